The van der Waals surface area contributed by atoms with Gasteiger partial charge < -0.3 is 14.4 Å². The molecular formula is C22H16N2O7. The van der Waals surface area contributed by atoms with Crippen LogP contribution >= 0.6 is 0 Å². The van der Waals surface area contributed by atoms with Crippen molar-refractivity contribution in [3.63, 3.8) is 0 Å². The van der Waals surface area contributed by atoms with Gasteiger partial charge in [0, 0.05) is 37.8 Å². The lowest BCUT2D eigenvalue weighted by Crippen LogP contribution is -2.09. The first kappa shape index (κ1) is 20.1. The van der Waals surface area contributed by atoms with Gasteiger partial charge in [-0.05, 0) is 47.5 Å². The highest BCUT2D eigenvalue weighted by atomic mass is 16.7. The summed E-state index contributed by atoms with van der Waals surface area (Å²) >= 11 is 0. The Kier molecular flexibility index (Phi) is 5.16. The molecular weight excluding hydrogens is 404 g/mol. The summed E-state index contributed by atoms with van der Waals surface area (Å²) in [6.07, 6.45) is 0.459. The van der Waals surface area contributed by atoms with E-state index < -0.39 is 11.9 Å². The van der Waals surface area contributed by atoms with Crippen LogP contribution in [-0.4, -0.2) is 34.9 Å². The fraction of sp³-hybridized carbons (Fsp3) is 0.182. The smallest absolute Gasteiger partial charge is 0.331 e. The van der Waals surface area contributed by atoms with Gasteiger partial charge in [0.05, 0.1) is 0 Å². The summed E-state index contributed by atoms with van der Waals surface area (Å²) in [7, 11) is 0. The molecule has 2 aromatic carbocycles. The van der Waals surface area contributed by atoms with Crippen molar-refractivity contribution in [2.45, 2.75) is 26.7 Å². The average molecular weight is 420 g/mol. The number of ether oxygens (including phenoxy) is 1. The number of hydrogen-bond donors (Lipinski definition) is 0. The van der Waals surface area contributed by atoms with Gasteiger partial charge in [0.2, 0.25) is 11.6 Å². The maximum Gasteiger partial charge on any atom is 0.331 e. The number of oxime groups is 2. The molecule has 0 bridgehead atoms. The third kappa shape index (κ3) is 4.11. The van der Waals surface area contributed by atoms with Crippen LogP contribution in [0.15, 0.2) is 46.7 Å². The summed E-state index contributed by atoms with van der Waals surface area (Å²) < 4.78 is 5.89. The van der Waals surface area contributed by atoms with Gasteiger partial charge in [-0.1, -0.05) is 10.3 Å². The highest BCUT2D eigenvalue weighted by Gasteiger charge is 2.29. The minimum Gasteiger partial charge on any atom is -0.457 e. The number of benzene rings is 2. The standard InChI is InChI=1S/C22H16N2O7/c1-11(25)30-23-19-9-13-7-15(3-5-17(13)21(19)27)29-16-4-6-18-14(8-16)10-20(22(18)28)24-31-12(2)26/h3-8H,9-10H2,1-2H3/b23-19+,24-20+. The number of nitrogens with zero attached hydrogens (tertiary/aromatic N) is 2. The van der Waals surface area contributed by atoms with Gasteiger partial charge in [-0.3, -0.25) is 9.59 Å². The highest BCUT2D eigenvalue weighted by Crippen LogP contribution is 2.31. The van der Waals surface area contributed by atoms with Crippen LogP contribution in [0, 0.1) is 0 Å². The molecule has 2 aromatic rings. The van der Waals surface area contributed by atoms with Crippen molar-refractivity contribution >= 4 is 34.9 Å². The first-order chi connectivity index (χ1) is 14.8. The minimum absolute atomic E-state index is 0.151. The van der Waals surface area contributed by atoms with Crippen molar-refractivity contribution < 1.29 is 33.6 Å². The fourth-order valence-electron chi connectivity index (χ4n) is 3.36. The molecule has 0 atom stereocenters. The molecule has 0 N–H and O–H groups in total. The van der Waals surface area contributed by atoms with Crippen LogP contribution in [-0.2, 0) is 32.1 Å². The van der Waals surface area contributed by atoms with E-state index in [0.29, 0.717) is 33.8 Å². The van der Waals surface area contributed by atoms with Crippen molar-refractivity contribution in [1.82, 2.24) is 0 Å². The Morgan fingerprint density at radius 2 is 1.16 bits per heavy atom. The molecule has 2 aliphatic rings. The number of Topliss-reactive ketones (excluding diaryl/α,β-unsaturated/α-hetero) is 2. The minimum atomic E-state index is -0.601. The first-order valence-corrected chi connectivity index (χ1v) is 9.34. The van der Waals surface area contributed by atoms with E-state index in [1.807, 2.05) is 0 Å². The molecule has 4 rings (SSSR count). The summed E-state index contributed by atoms with van der Waals surface area (Å²) in [5.74, 6) is -0.790. The Balaban J connectivity index is 1.52. The van der Waals surface area contributed by atoms with Crippen molar-refractivity contribution in [2.24, 2.45) is 10.3 Å². The lowest BCUT2D eigenvalue weighted by Gasteiger charge is -2.08. The molecule has 9 heteroatoms. The van der Waals surface area contributed by atoms with Crippen molar-refractivity contribution in [1.29, 1.82) is 0 Å². The predicted octanol–water partition coefficient (Wildman–Crippen LogP) is 2.79. The summed E-state index contributed by atoms with van der Waals surface area (Å²) in [6, 6.07) is 9.99. The summed E-state index contributed by atoms with van der Waals surface area (Å²) in [5.41, 5.74) is 2.67. The quantitative estimate of drug-likeness (QED) is 0.551. The van der Waals surface area contributed by atoms with E-state index in [1.54, 1.807) is 36.4 Å². The average Bonchev–Trinajstić information content (AvgIpc) is 3.21. The van der Waals surface area contributed by atoms with Crippen molar-refractivity contribution in [3.8, 4) is 11.5 Å². The van der Waals surface area contributed by atoms with Crippen LogP contribution in [0.1, 0.15) is 45.7 Å². The third-order valence-corrected chi connectivity index (χ3v) is 4.69. The van der Waals surface area contributed by atoms with Crippen LogP contribution in [0.25, 0.3) is 0 Å². The second-order valence-corrected chi connectivity index (χ2v) is 6.99. The van der Waals surface area contributed by atoms with Crippen LogP contribution in [0.3, 0.4) is 0 Å². The summed E-state index contributed by atoms with van der Waals surface area (Å²) in [5, 5.41) is 7.23. The molecule has 0 amide bonds. The maximum absolute atomic E-state index is 12.3. The molecule has 0 saturated heterocycles. The van der Waals surface area contributed by atoms with Crippen LogP contribution in [0.2, 0.25) is 0 Å². The van der Waals surface area contributed by atoms with Gasteiger partial charge >= 0.3 is 11.9 Å². The molecule has 0 aromatic heterocycles. The van der Waals surface area contributed by atoms with Gasteiger partial charge in [0.15, 0.2) is 0 Å². The number of fused-ring (bicyclic) bond motifs is 2. The summed E-state index contributed by atoms with van der Waals surface area (Å²) in [6.45, 7) is 2.41. The van der Waals surface area contributed by atoms with Gasteiger partial charge in [0.25, 0.3) is 0 Å². The Labute approximate surface area is 176 Å². The van der Waals surface area contributed by atoms with Crippen molar-refractivity contribution in [3.05, 3.63) is 58.7 Å². The Bertz CT molecular complexity index is 1120. The molecule has 0 spiro atoms. The SMILES string of the molecule is CC(=O)O/N=C1\Cc2cc(Oc3ccc4c(c3)C/C(=N\OC(C)=O)C4=O)ccc2C1=O. The molecule has 0 radical (unpaired) electrons. The lowest BCUT2D eigenvalue weighted by atomic mass is 10.1. The van der Waals surface area contributed by atoms with E-state index in [9.17, 15) is 19.2 Å². The summed E-state index contributed by atoms with van der Waals surface area (Å²) in [4.78, 5) is 55.6. The second-order valence-electron chi connectivity index (χ2n) is 6.99. The Morgan fingerprint density at radius 1 is 0.742 bits per heavy atom. The number of hydrogen-bond acceptors (Lipinski definition) is 9. The molecule has 31 heavy (non-hydrogen) atoms. The van der Waals surface area contributed by atoms with E-state index in [-0.39, 0.29) is 35.8 Å². The van der Waals surface area contributed by atoms with Gasteiger partial charge in [0.1, 0.15) is 22.9 Å². The first-order valence-electron chi connectivity index (χ1n) is 9.34. The molecule has 2 aliphatic carbocycles. The fourth-order valence-corrected chi connectivity index (χ4v) is 3.36. The monoisotopic (exact) mass is 420 g/mol. The lowest BCUT2D eigenvalue weighted by molar-refractivity contribution is -0.141. The topological polar surface area (TPSA) is 121 Å². The van der Waals surface area contributed by atoms with Gasteiger partial charge in [-0.15, -0.1) is 0 Å². The zero-order valence-corrected chi connectivity index (χ0v) is 16.6. The molecule has 156 valence electrons. The van der Waals surface area contributed by atoms with E-state index in [0.717, 1.165) is 0 Å². The van der Waals surface area contributed by atoms with Crippen LogP contribution < -0.4 is 4.74 Å². The zero-order valence-electron chi connectivity index (χ0n) is 16.6. The van der Waals surface area contributed by atoms with E-state index in [4.69, 9.17) is 4.74 Å². The largest absolute Gasteiger partial charge is 0.457 e. The molecule has 0 saturated carbocycles. The Morgan fingerprint density at radius 3 is 1.55 bits per heavy atom. The van der Waals surface area contributed by atoms with Gasteiger partial charge in [-0.2, -0.15) is 0 Å². The van der Waals surface area contributed by atoms with Crippen molar-refractivity contribution in [2.75, 3.05) is 0 Å². The van der Waals surface area contributed by atoms with Gasteiger partial charge in [-0.25, -0.2) is 9.59 Å². The van der Waals surface area contributed by atoms with E-state index in [2.05, 4.69) is 20.0 Å². The zero-order chi connectivity index (χ0) is 22.1. The number of ketones is 2. The normalized spacial score (nSPS) is 17.0. The van der Waals surface area contributed by atoms with E-state index in [1.165, 1.54) is 13.8 Å². The van der Waals surface area contributed by atoms with Crippen LogP contribution in [0.4, 0.5) is 0 Å². The number of carbonyl (C=O) groups excluding carboxylic acids is 4. The molecule has 0 aliphatic heterocycles. The highest BCUT2D eigenvalue weighted by molar-refractivity contribution is 6.50. The Hall–Kier alpha value is -4.14. The maximum atomic E-state index is 12.3. The second kappa shape index (κ2) is 7.94. The number of carbonyl (C=O) groups is 4. The third-order valence-electron chi connectivity index (χ3n) is 4.69. The molecule has 0 fully saturated rings. The molecule has 9 nitrogen and oxygen atoms in total. The van der Waals surface area contributed by atoms with E-state index >= 15 is 0 Å². The van der Waals surface area contributed by atoms with Crippen LogP contribution in [0.5, 0.6) is 11.5 Å². The molecule has 0 heterocycles. The molecule has 0 unspecified atom stereocenters. The number of rotatable bonds is 4. The predicted molar refractivity (Wildman–Crippen MR) is 107 cm³/mol.